The predicted octanol–water partition coefficient (Wildman–Crippen LogP) is 1.19. The number of nitrogens with one attached hydrogen (secondary N) is 2. The third-order valence-corrected chi connectivity index (χ3v) is 5.95. The lowest BCUT2D eigenvalue weighted by molar-refractivity contribution is -0.127. The van der Waals surface area contributed by atoms with E-state index in [4.69, 9.17) is 0 Å². The molecule has 1 amide bonds. The summed E-state index contributed by atoms with van der Waals surface area (Å²) in [7, 11) is 0. The molecule has 0 saturated carbocycles. The van der Waals surface area contributed by atoms with E-state index < -0.39 is 0 Å². The summed E-state index contributed by atoms with van der Waals surface area (Å²) in [6.07, 6.45) is 9.61. The van der Waals surface area contributed by atoms with Crippen LogP contribution in [0.2, 0.25) is 0 Å². The summed E-state index contributed by atoms with van der Waals surface area (Å²) in [4.78, 5) is 25.8. The van der Waals surface area contributed by atoms with Crippen molar-refractivity contribution in [2.45, 2.75) is 44.8 Å². The molecule has 0 bridgehead atoms. The standard InChI is InChI=1S/C20H29N7O/c28-20(22-12-19-23-15-24-25-19)17-2-1-9-27(14-17)18-5-10-26(11-6-18)13-16-3-7-21-8-4-16/h3-4,7-8,15,17-18H,1-2,5-6,9-14H2,(H,22,28)(H,23,24,25)/t17-/m1/s1. The molecule has 4 heterocycles. The molecule has 28 heavy (non-hydrogen) atoms. The number of likely N-dealkylation sites (tertiary alicyclic amines) is 2. The molecule has 8 nitrogen and oxygen atoms in total. The van der Waals surface area contributed by atoms with E-state index >= 15 is 0 Å². The Bertz CT molecular complexity index is 728. The van der Waals surface area contributed by atoms with Crippen molar-refractivity contribution in [3.8, 4) is 0 Å². The van der Waals surface area contributed by atoms with Gasteiger partial charge in [0.1, 0.15) is 12.2 Å². The Kier molecular flexibility index (Phi) is 6.28. The zero-order valence-electron chi connectivity index (χ0n) is 16.3. The third-order valence-electron chi connectivity index (χ3n) is 5.95. The van der Waals surface area contributed by atoms with Gasteiger partial charge in [0.15, 0.2) is 0 Å². The van der Waals surface area contributed by atoms with Crippen LogP contribution in [0.4, 0.5) is 0 Å². The van der Waals surface area contributed by atoms with Gasteiger partial charge in [0.25, 0.3) is 0 Å². The maximum atomic E-state index is 12.6. The molecule has 2 aliphatic rings. The van der Waals surface area contributed by atoms with E-state index in [1.54, 1.807) is 0 Å². The number of piperidine rings is 2. The van der Waals surface area contributed by atoms with Crippen LogP contribution in [0.15, 0.2) is 30.9 Å². The van der Waals surface area contributed by atoms with Gasteiger partial charge in [0, 0.05) is 31.5 Å². The highest BCUT2D eigenvalue weighted by Gasteiger charge is 2.31. The maximum Gasteiger partial charge on any atom is 0.224 e. The molecule has 0 unspecified atom stereocenters. The van der Waals surface area contributed by atoms with Crippen molar-refractivity contribution >= 4 is 5.91 Å². The number of pyridine rings is 1. The summed E-state index contributed by atoms with van der Waals surface area (Å²) in [6, 6.07) is 4.79. The number of aromatic nitrogens is 4. The SMILES string of the molecule is O=C(NCc1ncn[nH]1)[C@@H]1CCCN(C2CCN(Cc3ccncc3)CC2)C1. The van der Waals surface area contributed by atoms with Gasteiger partial charge in [-0.15, -0.1) is 0 Å². The Hall–Kier alpha value is -2.32. The first-order valence-electron chi connectivity index (χ1n) is 10.2. The van der Waals surface area contributed by atoms with E-state index in [9.17, 15) is 4.79 Å². The molecule has 2 aromatic heterocycles. The number of nitrogens with zero attached hydrogens (tertiary/aromatic N) is 5. The molecule has 0 aromatic carbocycles. The molecule has 0 spiro atoms. The lowest BCUT2D eigenvalue weighted by Crippen LogP contribution is -2.50. The number of carbonyl (C=O) groups excluding carboxylic acids is 1. The Labute approximate surface area is 165 Å². The van der Waals surface area contributed by atoms with Crippen LogP contribution in [-0.2, 0) is 17.9 Å². The van der Waals surface area contributed by atoms with Crippen molar-refractivity contribution in [2.75, 3.05) is 26.2 Å². The summed E-state index contributed by atoms with van der Waals surface area (Å²) in [5.74, 6) is 0.908. The second kappa shape index (κ2) is 9.25. The first kappa shape index (κ1) is 19.0. The monoisotopic (exact) mass is 383 g/mol. The Morgan fingerprint density at radius 3 is 2.75 bits per heavy atom. The van der Waals surface area contributed by atoms with Crippen molar-refractivity contribution in [3.63, 3.8) is 0 Å². The second-order valence-electron chi connectivity index (χ2n) is 7.85. The molecular weight excluding hydrogens is 354 g/mol. The zero-order valence-corrected chi connectivity index (χ0v) is 16.3. The average Bonchev–Trinajstić information content (AvgIpc) is 3.27. The van der Waals surface area contributed by atoms with Crippen LogP contribution < -0.4 is 5.32 Å². The van der Waals surface area contributed by atoms with Gasteiger partial charge in [-0.2, -0.15) is 5.10 Å². The smallest absolute Gasteiger partial charge is 0.224 e. The number of amides is 1. The summed E-state index contributed by atoms with van der Waals surface area (Å²) >= 11 is 0. The molecule has 2 fully saturated rings. The van der Waals surface area contributed by atoms with Crippen molar-refractivity contribution in [2.24, 2.45) is 5.92 Å². The van der Waals surface area contributed by atoms with Crippen molar-refractivity contribution < 1.29 is 4.79 Å². The van der Waals surface area contributed by atoms with Crippen LogP contribution in [0.5, 0.6) is 0 Å². The minimum absolute atomic E-state index is 0.0755. The maximum absolute atomic E-state index is 12.6. The van der Waals surface area contributed by atoms with Gasteiger partial charge < -0.3 is 5.32 Å². The zero-order chi connectivity index (χ0) is 19.2. The minimum atomic E-state index is 0.0755. The van der Waals surface area contributed by atoms with Crippen LogP contribution >= 0.6 is 0 Å². The number of rotatable bonds is 6. The largest absolute Gasteiger partial charge is 0.349 e. The molecular formula is C20H29N7O. The predicted molar refractivity (Wildman–Crippen MR) is 105 cm³/mol. The quantitative estimate of drug-likeness (QED) is 0.779. The molecule has 2 saturated heterocycles. The first-order chi connectivity index (χ1) is 13.8. The summed E-state index contributed by atoms with van der Waals surface area (Å²) in [5, 5.41) is 9.60. The fourth-order valence-corrected chi connectivity index (χ4v) is 4.37. The normalized spacial score (nSPS) is 22.2. The average molecular weight is 384 g/mol. The van der Waals surface area contributed by atoms with Crippen LogP contribution in [0.1, 0.15) is 37.1 Å². The number of hydrogen-bond donors (Lipinski definition) is 2. The molecule has 1 atom stereocenters. The van der Waals surface area contributed by atoms with Crippen LogP contribution in [0, 0.1) is 5.92 Å². The number of hydrogen-bond acceptors (Lipinski definition) is 6. The molecule has 2 aliphatic heterocycles. The molecule has 150 valence electrons. The van der Waals surface area contributed by atoms with E-state index in [0.29, 0.717) is 18.4 Å². The molecule has 0 radical (unpaired) electrons. The highest BCUT2D eigenvalue weighted by molar-refractivity contribution is 5.78. The Morgan fingerprint density at radius 2 is 2.00 bits per heavy atom. The van der Waals surface area contributed by atoms with Crippen LogP contribution in [0.3, 0.4) is 0 Å². The number of H-pyrrole nitrogens is 1. The Morgan fingerprint density at radius 1 is 1.18 bits per heavy atom. The van der Waals surface area contributed by atoms with E-state index in [0.717, 1.165) is 45.6 Å². The number of aromatic amines is 1. The molecule has 8 heteroatoms. The van der Waals surface area contributed by atoms with Gasteiger partial charge in [-0.3, -0.25) is 24.7 Å². The van der Waals surface area contributed by atoms with E-state index in [-0.39, 0.29) is 11.8 Å². The highest BCUT2D eigenvalue weighted by Crippen LogP contribution is 2.24. The van der Waals surface area contributed by atoms with Gasteiger partial charge in [-0.25, -0.2) is 4.98 Å². The summed E-state index contributed by atoms with van der Waals surface area (Å²) in [5.41, 5.74) is 1.33. The van der Waals surface area contributed by atoms with Crippen molar-refractivity contribution in [3.05, 3.63) is 42.2 Å². The summed E-state index contributed by atoms with van der Waals surface area (Å²) < 4.78 is 0. The van der Waals surface area contributed by atoms with Gasteiger partial charge in [-0.05, 0) is 63.0 Å². The van der Waals surface area contributed by atoms with Crippen LogP contribution in [-0.4, -0.2) is 68.1 Å². The van der Waals surface area contributed by atoms with Gasteiger partial charge >= 0.3 is 0 Å². The second-order valence-corrected chi connectivity index (χ2v) is 7.85. The van der Waals surface area contributed by atoms with Gasteiger partial charge in [0.05, 0.1) is 12.5 Å². The lowest BCUT2D eigenvalue weighted by Gasteiger charge is -2.42. The first-order valence-corrected chi connectivity index (χ1v) is 10.2. The fourth-order valence-electron chi connectivity index (χ4n) is 4.37. The van der Waals surface area contributed by atoms with Gasteiger partial charge in [0.2, 0.25) is 5.91 Å². The van der Waals surface area contributed by atoms with E-state index in [2.05, 4.69) is 47.4 Å². The lowest BCUT2D eigenvalue weighted by atomic mass is 9.93. The fraction of sp³-hybridized carbons (Fsp3) is 0.600. The molecule has 2 aromatic rings. The molecule has 0 aliphatic carbocycles. The molecule has 2 N–H and O–H groups in total. The summed E-state index contributed by atoms with van der Waals surface area (Å²) in [6.45, 7) is 5.64. The van der Waals surface area contributed by atoms with Gasteiger partial charge in [-0.1, -0.05) is 0 Å². The van der Waals surface area contributed by atoms with Crippen LogP contribution in [0.25, 0.3) is 0 Å². The van der Waals surface area contributed by atoms with E-state index in [1.807, 2.05) is 12.4 Å². The van der Waals surface area contributed by atoms with E-state index in [1.165, 1.54) is 24.7 Å². The van der Waals surface area contributed by atoms with Crippen molar-refractivity contribution in [1.29, 1.82) is 0 Å². The highest BCUT2D eigenvalue weighted by atomic mass is 16.1. The van der Waals surface area contributed by atoms with Crippen molar-refractivity contribution in [1.82, 2.24) is 35.3 Å². The minimum Gasteiger partial charge on any atom is -0.349 e. The molecule has 4 rings (SSSR count). The third kappa shape index (κ3) is 4.94. The Balaban J connectivity index is 1.23. The number of carbonyl (C=O) groups is 1. The topological polar surface area (TPSA) is 90.0 Å².